The number of rotatable bonds is 1. The van der Waals surface area contributed by atoms with Gasteiger partial charge in [0.25, 0.3) is 0 Å². The molecule has 0 aliphatic carbocycles. The van der Waals surface area contributed by atoms with Gasteiger partial charge in [-0.05, 0) is 25.1 Å². The summed E-state index contributed by atoms with van der Waals surface area (Å²) >= 11 is 0. The van der Waals surface area contributed by atoms with Crippen LogP contribution in [0.1, 0.15) is 19.0 Å². The van der Waals surface area contributed by atoms with Gasteiger partial charge in [-0.2, -0.15) is 0 Å². The van der Waals surface area contributed by atoms with E-state index in [2.05, 4.69) is 17.2 Å². The molecule has 70 valence electrons. The molecule has 3 heteroatoms. The van der Waals surface area contributed by atoms with E-state index in [1.807, 2.05) is 0 Å². The van der Waals surface area contributed by atoms with Gasteiger partial charge in [-0.3, -0.25) is 4.98 Å². The first-order chi connectivity index (χ1) is 6.21. The van der Waals surface area contributed by atoms with Crippen LogP contribution >= 0.6 is 0 Å². The van der Waals surface area contributed by atoms with Crippen molar-refractivity contribution in [3.8, 4) is 0 Å². The highest BCUT2D eigenvalue weighted by atomic mass is 19.1. The fourth-order valence-corrected chi connectivity index (χ4v) is 1.77. The van der Waals surface area contributed by atoms with Crippen molar-refractivity contribution < 1.29 is 4.39 Å². The summed E-state index contributed by atoms with van der Waals surface area (Å²) in [5, 5.41) is 3.29. The minimum atomic E-state index is -0.265. The molecule has 1 unspecified atom stereocenters. The predicted octanol–water partition coefficient (Wildman–Crippen LogP) is 1.47. The maximum atomic E-state index is 12.6. The summed E-state index contributed by atoms with van der Waals surface area (Å²) in [6, 6.07) is 3.26. The Kier molecular flexibility index (Phi) is 2.04. The Hall–Kier alpha value is -0.960. The molecule has 1 aromatic heterocycles. The second-order valence-electron chi connectivity index (χ2n) is 3.85. The summed E-state index contributed by atoms with van der Waals surface area (Å²) in [6.07, 6.45) is 2.37. The van der Waals surface area contributed by atoms with Crippen molar-refractivity contribution in [3.05, 3.63) is 29.8 Å². The summed E-state index contributed by atoms with van der Waals surface area (Å²) in [6.45, 7) is 4.12. The SMILES string of the molecule is CC1(c2ccc(F)cn2)CCNC1. The van der Waals surface area contributed by atoms with Gasteiger partial charge in [0.1, 0.15) is 5.82 Å². The second-order valence-corrected chi connectivity index (χ2v) is 3.85. The van der Waals surface area contributed by atoms with Gasteiger partial charge in [-0.15, -0.1) is 0 Å². The maximum absolute atomic E-state index is 12.6. The Labute approximate surface area is 77.2 Å². The van der Waals surface area contributed by atoms with Crippen LogP contribution in [0.15, 0.2) is 18.3 Å². The topological polar surface area (TPSA) is 24.9 Å². The lowest BCUT2D eigenvalue weighted by atomic mass is 9.86. The highest BCUT2D eigenvalue weighted by Gasteiger charge is 2.31. The van der Waals surface area contributed by atoms with E-state index in [0.29, 0.717) is 0 Å². The zero-order valence-corrected chi connectivity index (χ0v) is 7.68. The van der Waals surface area contributed by atoms with Gasteiger partial charge >= 0.3 is 0 Å². The lowest BCUT2D eigenvalue weighted by Crippen LogP contribution is -2.26. The summed E-state index contributed by atoms with van der Waals surface area (Å²) < 4.78 is 12.6. The number of nitrogens with one attached hydrogen (secondary N) is 1. The first kappa shape index (κ1) is 8.63. The summed E-state index contributed by atoms with van der Waals surface area (Å²) in [4.78, 5) is 4.12. The lowest BCUT2D eigenvalue weighted by molar-refractivity contribution is 0.503. The second kappa shape index (κ2) is 3.07. The van der Waals surface area contributed by atoms with Crippen LogP contribution in [0.2, 0.25) is 0 Å². The Morgan fingerprint density at radius 2 is 2.38 bits per heavy atom. The van der Waals surface area contributed by atoms with E-state index in [1.165, 1.54) is 12.3 Å². The molecule has 0 radical (unpaired) electrons. The summed E-state index contributed by atoms with van der Waals surface area (Å²) in [5.74, 6) is -0.265. The molecule has 2 rings (SSSR count). The molecule has 0 saturated carbocycles. The molecule has 1 saturated heterocycles. The van der Waals surface area contributed by atoms with Gasteiger partial charge in [0.05, 0.1) is 6.20 Å². The Morgan fingerprint density at radius 1 is 1.54 bits per heavy atom. The minimum absolute atomic E-state index is 0.0910. The van der Waals surface area contributed by atoms with Crippen LogP contribution in [-0.2, 0) is 5.41 Å². The number of aromatic nitrogens is 1. The van der Waals surface area contributed by atoms with Gasteiger partial charge in [0, 0.05) is 17.7 Å². The van der Waals surface area contributed by atoms with Gasteiger partial charge in [0.2, 0.25) is 0 Å². The van der Waals surface area contributed by atoms with E-state index in [0.717, 1.165) is 25.2 Å². The third-order valence-electron chi connectivity index (χ3n) is 2.71. The van der Waals surface area contributed by atoms with E-state index in [1.54, 1.807) is 6.07 Å². The molecular weight excluding hydrogens is 167 g/mol. The minimum Gasteiger partial charge on any atom is -0.316 e. The number of halogens is 1. The van der Waals surface area contributed by atoms with E-state index in [-0.39, 0.29) is 11.2 Å². The molecule has 1 atom stereocenters. The molecule has 0 bridgehead atoms. The van der Waals surface area contributed by atoms with Gasteiger partial charge < -0.3 is 5.32 Å². The fourth-order valence-electron chi connectivity index (χ4n) is 1.77. The van der Waals surface area contributed by atoms with Crippen molar-refractivity contribution >= 4 is 0 Å². The average molecular weight is 180 g/mol. The number of hydrogen-bond acceptors (Lipinski definition) is 2. The molecule has 1 aliphatic heterocycles. The smallest absolute Gasteiger partial charge is 0.141 e. The van der Waals surface area contributed by atoms with Crippen LogP contribution in [0.4, 0.5) is 4.39 Å². The molecule has 1 aliphatic rings. The van der Waals surface area contributed by atoms with Crippen LogP contribution < -0.4 is 5.32 Å². The van der Waals surface area contributed by atoms with Crippen LogP contribution in [0.5, 0.6) is 0 Å². The molecule has 13 heavy (non-hydrogen) atoms. The van der Waals surface area contributed by atoms with Crippen molar-refractivity contribution in [3.63, 3.8) is 0 Å². The van der Waals surface area contributed by atoms with Crippen molar-refractivity contribution in [1.82, 2.24) is 10.3 Å². The Morgan fingerprint density at radius 3 is 2.92 bits per heavy atom. The van der Waals surface area contributed by atoms with Crippen LogP contribution in [0, 0.1) is 5.82 Å². The normalized spacial score (nSPS) is 27.8. The number of nitrogens with zero attached hydrogens (tertiary/aromatic N) is 1. The zero-order chi connectivity index (χ0) is 9.31. The summed E-state index contributed by atoms with van der Waals surface area (Å²) in [7, 11) is 0. The number of pyridine rings is 1. The van der Waals surface area contributed by atoms with Crippen molar-refractivity contribution in [2.75, 3.05) is 13.1 Å². The predicted molar refractivity (Wildman–Crippen MR) is 49.0 cm³/mol. The first-order valence-electron chi connectivity index (χ1n) is 4.53. The largest absolute Gasteiger partial charge is 0.316 e. The number of hydrogen-bond donors (Lipinski definition) is 1. The average Bonchev–Trinajstić information content (AvgIpc) is 2.54. The van der Waals surface area contributed by atoms with Gasteiger partial charge in [-0.25, -0.2) is 4.39 Å². The molecule has 0 amide bonds. The fraction of sp³-hybridized carbons (Fsp3) is 0.500. The first-order valence-corrected chi connectivity index (χ1v) is 4.53. The molecular formula is C10H13FN2. The molecule has 2 nitrogen and oxygen atoms in total. The lowest BCUT2D eigenvalue weighted by Gasteiger charge is -2.21. The van der Waals surface area contributed by atoms with Crippen LogP contribution in [0.25, 0.3) is 0 Å². The Balaban J connectivity index is 2.29. The third kappa shape index (κ3) is 1.56. The van der Waals surface area contributed by atoms with E-state index >= 15 is 0 Å². The maximum Gasteiger partial charge on any atom is 0.141 e. The van der Waals surface area contributed by atoms with Gasteiger partial charge in [-0.1, -0.05) is 6.92 Å². The van der Waals surface area contributed by atoms with Crippen molar-refractivity contribution in [2.24, 2.45) is 0 Å². The van der Waals surface area contributed by atoms with Crippen molar-refractivity contribution in [1.29, 1.82) is 0 Å². The van der Waals surface area contributed by atoms with Crippen LogP contribution in [0.3, 0.4) is 0 Å². The molecule has 0 spiro atoms. The molecule has 1 fully saturated rings. The van der Waals surface area contributed by atoms with E-state index in [4.69, 9.17) is 0 Å². The standard InChI is InChI=1S/C10H13FN2/c1-10(4-5-12-7-10)9-3-2-8(11)6-13-9/h2-3,6,12H,4-5,7H2,1H3. The molecule has 2 heterocycles. The van der Waals surface area contributed by atoms with E-state index < -0.39 is 0 Å². The van der Waals surface area contributed by atoms with Crippen LogP contribution in [-0.4, -0.2) is 18.1 Å². The van der Waals surface area contributed by atoms with Crippen molar-refractivity contribution in [2.45, 2.75) is 18.8 Å². The Bertz CT molecular complexity index is 288. The molecule has 1 N–H and O–H groups in total. The third-order valence-corrected chi connectivity index (χ3v) is 2.71. The monoisotopic (exact) mass is 180 g/mol. The summed E-state index contributed by atoms with van der Waals surface area (Å²) in [5.41, 5.74) is 1.08. The zero-order valence-electron chi connectivity index (χ0n) is 7.68. The quantitative estimate of drug-likeness (QED) is 0.708. The molecule has 0 aromatic carbocycles. The van der Waals surface area contributed by atoms with E-state index in [9.17, 15) is 4.39 Å². The highest BCUT2D eigenvalue weighted by molar-refractivity contribution is 5.18. The van der Waals surface area contributed by atoms with Gasteiger partial charge in [0.15, 0.2) is 0 Å². The highest BCUT2D eigenvalue weighted by Crippen LogP contribution is 2.28. The molecule has 1 aromatic rings.